The van der Waals surface area contributed by atoms with Crippen LogP contribution in [0.3, 0.4) is 0 Å². The molecular formula is C23H30N2O2. The molecule has 1 atom stereocenters. The van der Waals surface area contributed by atoms with E-state index in [1.54, 1.807) is 7.11 Å². The second-order valence-electron chi connectivity index (χ2n) is 7.50. The third-order valence-electron chi connectivity index (χ3n) is 5.49. The maximum atomic E-state index is 13.0. The van der Waals surface area contributed by atoms with E-state index in [1.165, 1.54) is 5.69 Å². The van der Waals surface area contributed by atoms with E-state index >= 15 is 0 Å². The Labute approximate surface area is 162 Å². The van der Waals surface area contributed by atoms with Crippen LogP contribution in [0.4, 0.5) is 5.69 Å². The molecular weight excluding hydrogens is 336 g/mol. The molecule has 4 heteroatoms. The van der Waals surface area contributed by atoms with Gasteiger partial charge in [-0.05, 0) is 35.6 Å². The number of methoxy groups -OCH3 is 1. The zero-order valence-electron chi connectivity index (χ0n) is 16.6. The van der Waals surface area contributed by atoms with Crippen molar-refractivity contribution in [3.8, 4) is 5.75 Å². The highest BCUT2D eigenvalue weighted by atomic mass is 16.5. The summed E-state index contributed by atoms with van der Waals surface area (Å²) in [6, 6.07) is 18.5. The number of carbonyl (C=O) groups excluding carboxylic acids is 1. The summed E-state index contributed by atoms with van der Waals surface area (Å²) < 4.78 is 5.54. The summed E-state index contributed by atoms with van der Waals surface area (Å²) in [5.74, 6) is 1.65. The van der Waals surface area contributed by atoms with Gasteiger partial charge in [0.15, 0.2) is 0 Å². The monoisotopic (exact) mass is 366 g/mol. The van der Waals surface area contributed by atoms with E-state index in [-0.39, 0.29) is 11.8 Å². The fourth-order valence-corrected chi connectivity index (χ4v) is 3.85. The van der Waals surface area contributed by atoms with Crippen LogP contribution in [0.2, 0.25) is 0 Å². The first-order chi connectivity index (χ1) is 13.1. The Morgan fingerprint density at radius 1 is 0.963 bits per heavy atom. The van der Waals surface area contributed by atoms with Crippen LogP contribution in [-0.2, 0) is 4.79 Å². The first-order valence-corrected chi connectivity index (χ1v) is 9.81. The largest absolute Gasteiger partial charge is 0.496 e. The molecule has 0 aliphatic carbocycles. The molecule has 1 fully saturated rings. The van der Waals surface area contributed by atoms with E-state index < -0.39 is 0 Å². The first kappa shape index (κ1) is 19.3. The fourth-order valence-electron chi connectivity index (χ4n) is 3.85. The number of nitrogens with zero attached hydrogens (tertiary/aromatic N) is 2. The van der Waals surface area contributed by atoms with Gasteiger partial charge in [-0.25, -0.2) is 0 Å². The SMILES string of the molecule is COc1ccccc1[C@@H](CC(=O)N1CCN(c2ccccc2)CC1)C(C)C. The molecule has 0 unspecified atom stereocenters. The van der Waals surface area contributed by atoms with Gasteiger partial charge in [-0.1, -0.05) is 50.2 Å². The van der Waals surface area contributed by atoms with E-state index in [0.717, 1.165) is 37.5 Å². The molecule has 1 amide bonds. The molecule has 4 nitrogen and oxygen atoms in total. The first-order valence-electron chi connectivity index (χ1n) is 9.81. The van der Waals surface area contributed by atoms with Gasteiger partial charge < -0.3 is 14.5 Å². The van der Waals surface area contributed by atoms with Gasteiger partial charge >= 0.3 is 0 Å². The number of amides is 1. The van der Waals surface area contributed by atoms with E-state index in [9.17, 15) is 4.79 Å². The minimum atomic E-state index is 0.167. The molecule has 0 bridgehead atoms. The molecule has 1 aliphatic rings. The van der Waals surface area contributed by atoms with Crippen LogP contribution in [-0.4, -0.2) is 44.1 Å². The minimum absolute atomic E-state index is 0.167. The highest BCUT2D eigenvalue weighted by molar-refractivity contribution is 5.77. The zero-order chi connectivity index (χ0) is 19.2. The summed E-state index contributed by atoms with van der Waals surface area (Å²) in [5, 5.41) is 0. The van der Waals surface area contributed by atoms with Crippen LogP contribution in [0, 0.1) is 5.92 Å². The normalized spacial score (nSPS) is 15.7. The number of rotatable bonds is 6. The van der Waals surface area contributed by atoms with E-state index in [4.69, 9.17) is 4.74 Å². The molecule has 27 heavy (non-hydrogen) atoms. The molecule has 0 N–H and O–H groups in total. The van der Waals surface area contributed by atoms with Crippen LogP contribution in [0.5, 0.6) is 5.75 Å². The van der Waals surface area contributed by atoms with Crippen LogP contribution < -0.4 is 9.64 Å². The lowest BCUT2D eigenvalue weighted by Gasteiger charge is -2.37. The Balaban J connectivity index is 1.64. The lowest BCUT2D eigenvalue weighted by atomic mass is 9.84. The lowest BCUT2D eigenvalue weighted by Crippen LogP contribution is -2.49. The third-order valence-corrected chi connectivity index (χ3v) is 5.49. The fraction of sp³-hybridized carbons (Fsp3) is 0.435. The lowest BCUT2D eigenvalue weighted by molar-refractivity contribution is -0.132. The minimum Gasteiger partial charge on any atom is -0.496 e. The van der Waals surface area contributed by atoms with Crippen LogP contribution in [0.15, 0.2) is 54.6 Å². The predicted molar refractivity (Wildman–Crippen MR) is 110 cm³/mol. The Morgan fingerprint density at radius 3 is 2.22 bits per heavy atom. The number of hydrogen-bond donors (Lipinski definition) is 0. The number of anilines is 1. The second kappa shape index (κ2) is 8.94. The number of ether oxygens (including phenoxy) is 1. The van der Waals surface area contributed by atoms with Crippen molar-refractivity contribution >= 4 is 11.6 Å². The van der Waals surface area contributed by atoms with Crippen LogP contribution in [0.1, 0.15) is 31.7 Å². The van der Waals surface area contributed by atoms with E-state index in [0.29, 0.717) is 12.3 Å². The molecule has 1 aliphatic heterocycles. The topological polar surface area (TPSA) is 32.8 Å². The van der Waals surface area contributed by atoms with E-state index in [1.807, 2.05) is 29.2 Å². The summed E-state index contributed by atoms with van der Waals surface area (Å²) in [7, 11) is 1.70. The molecule has 0 aromatic heterocycles. The standard InChI is InChI=1S/C23H30N2O2/c1-18(2)21(20-11-7-8-12-22(20)27-3)17-23(26)25-15-13-24(14-16-25)19-9-5-4-6-10-19/h4-12,18,21H,13-17H2,1-3H3/t21-/m0/s1. The van der Waals surface area contributed by atoms with E-state index in [2.05, 4.69) is 49.1 Å². The molecule has 1 saturated heterocycles. The summed E-state index contributed by atoms with van der Waals surface area (Å²) in [5.41, 5.74) is 2.37. The summed E-state index contributed by atoms with van der Waals surface area (Å²) >= 11 is 0. The van der Waals surface area contributed by atoms with Crippen molar-refractivity contribution < 1.29 is 9.53 Å². The maximum Gasteiger partial charge on any atom is 0.223 e. The highest BCUT2D eigenvalue weighted by Crippen LogP contribution is 2.35. The average Bonchev–Trinajstić information content (AvgIpc) is 2.72. The quantitative estimate of drug-likeness (QED) is 0.769. The van der Waals surface area contributed by atoms with Gasteiger partial charge in [0.25, 0.3) is 0 Å². The van der Waals surface area contributed by atoms with Gasteiger partial charge in [0.2, 0.25) is 5.91 Å². The Kier molecular flexibility index (Phi) is 6.38. The van der Waals surface area contributed by atoms with Gasteiger partial charge in [-0.3, -0.25) is 4.79 Å². The molecule has 0 spiro atoms. The third kappa shape index (κ3) is 4.62. The van der Waals surface area contributed by atoms with Gasteiger partial charge in [-0.15, -0.1) is 0 Å². The number of carbonyl (C=O) groups is 1. The molecule has 0 radical (unpaired) electrons. The van der Waals surface area contributed by atoms with Gasteiger partial charge in [0, 0.05) is 38.3 Å². The maximum absolute atomic E-state index is 13.0. The van der Waals surface area contributed by atoms with Crippen molar-refractivity contribution in [2.24, 2.45) is 5.92 Å². The number of piperazine rings is 1. The van der Waals surface area contributed by atoms with Crippen molar-refractivity contribution in [2.75, 3.05) is 38.2 Å². The molecule has 3 rings (SSSR count). The molecule has 144 valence electrons. The molecule has 1 heterocycles. The Hall–Kier alpha value is -2.49. The Morgan fingerprint density at radius 2 is 1.59 bits per heavy atom. The van der Waals surface area contributed by atoms with Gasteiger partial charge in [0.1, 0.15) is 5.75 Å². The number of benzene rings is 2. The van der Waals surface area contributed by atoms with Gasteiger partial charge in [-0.2, -0.15) is 0 Å². The smallest absolute Gasteiger partial charge is 0.223 e. The molecule has 2 aromatic rings. The number of para-hydroxylation sites is 2. The summed E-state index contributed by atoms with van der Waals surface area (Å²) in [6.07, 6.45) is 0.531. The van der Waals surface area contributed by atoms with Crippen LogP contribution >= 0.6 is 0 Å². The second-order valence-corrected chi connectivity index (χ2v) is 7.50. The van der Waals surface area contributed by atoms with Crippen molar-refractivity contribution in [1.82, 2.24) is 4.90 Å². The van der Waals surface area contributed by atoms with Gasteiger partial charge in [0.05, 0.1) is 7.11 Å². The summed E-state index contributed by atoms with van der Waals surface area (Å²) in [6.45, 7) is 7.69. The van der Waals surface area contributed by atoms with Crippen LogP contribution in [0.25, 0.3) is 0 Å². The predicted octanol–water partition coefficient (Wildman–Crippen LogP) is 4.17. The Bertz CT molecular complexity index is 737. The molecule has 0 saturated carbocycles. The zero-order valence-corrected chi connectivity index (χ0v) is 16.6. The highest BCUT2D eigenvalue weighted by Gasteiger charge is 2.27. The van der Waals surface area contributed by atoms with Crippen molar-refractivity contribution in [3.05, 3.63) is 60.2 Å². The summed E-state index contributed by atoms with van der Waals surface area (Å²) in [4.78, 5) is 17.4. The van der Waals surface area contributed by atoms with Crippen molar-refractivity contribution in [1.29, 1.82) is 0 Å². The molecule has 2 aromatic carbocycles. The average molecular weight is 367 g/mol. The van der Waals surface area contributed by atoms with Crippen molar-refractivity contribution in [2.45, 2.75) is 26.2 Å². The van der Waals surface area contributed by atoms with Crippen molar-refractivity contribution in [3.63, 3.8) is 0 Å². The number of hydrogen-bond acceptors (Lipinski definition) is 3.